The van der Waals surface area contributed by atoms with Crippen molar-refractivity contribution in [2.24, 2.45) is 10.8 Å². The molecular formula is C96H132O16. The number of rotatable bonds is 0. The van der Waals surface area contributed by atoms with Crippen LogP contribution in [0.3, 0.4) is 0 Å². The summed E-state index contributed by atoms with van der Waals surface area (Å²) in [6, 6.07) is 0. The van der Waals surface area contributed by atoms with Gasteiger partial charge in [-0.15, -0.1) is 0 Å². The van der Waals surface area contributed by atoms with Gasteiger partial charge >= 0.3 is 23.9 Å². The molecule has 4 spiro atoms. The fraction of sp³-hybridized carbons (Fsp3) is 0.625. The van der Waals surface area contributed by atoms with Gasteiger partial charge in [0.25, 0.3) is 0 Å². The third-order valence-corrected chi connectivity index (χ3v) is 31.0. The Hall–Kier alpha value is -6.60. The third-order valence-electron chi connectivity index (χ3n) is 31.0. The zero-order valence-corrected chi connectivity index (χ0v) is 76.5. The van der Waals surface area contributed by atoms with Crippen LogP contribution in [0, 0.1) is 122 Å². The van der Waals surface area contributed by atoms with Gasteiger partial charge in [0.1, 0.15) is 68.4 Å². The molecule has 612 valence electrons. The first-order valence-electron chi connectivity index (χ1n) is 40.5. The molecule has 16 nitrogen and oxygen atoms in total. The van der Waals surface area contributed by atoms with Crippen molar-refractivity contribution in [2.45, 2.75) is 384 Å². The smallest absolute Gasteiger partial charge is 0.353 e. The molecule has 4 aromatic heterocycles. The topological polar surface area (TPSA) is 163 Å². The summed E-state index contributed by atoms with van der Waals surface area (Å²) in [6.45, 7) is 92.5. The summed E-state index contributed by atoms with van der Waals surface area (Å²) in [7, 11) is 0. The van der Waals surface area contributed by atoms with Crippen LogP contribution in [-0.2, 0) is 48.7 Å². The Kier molecular flexibility index (Phi) is 18.2. The molecular weight excluding hydrogens is 1410 g/mol. The van der Waals surface area contributed by atoms with E-state index < -0.39 is 79.5 Å². The zero-order valence-electron chi connectivity index (χ0n) is 76.5. The van der Waals surface area contributed by atoms with Gasteiger partial charge in [-0.3, -0.25) is 0 Å². The van der Waals surface area contributed by atoms with Gasteiger partial charge in [-0.25, -0.2) is 0 Å². The van der Waals surface area contributed by atoms with Crippen molar-refractivity contribution in [3.63, 3.8) is 0 Å². The van der Waals surface area contributed by atoms with E-state index in [0.717, 1.165) is 152 Å². The van der Waals surface area contributed by atoms with Gasteiger partial charge in [0, 0.05) is 60.2 Å². The van der Waals surface area contributed by atoms with E-state index in [1.165, 1.54) is 49.5 Å². The number of aryl methyl sites for hydroxylation is 12. The van der Waals surface area contributed by atoms with Gasteiger partial charge in [-0.05, 0) is 327 Å². The lowest BCUT2D eigenvalue weighted by molar-refractivity contribution is -0.382. The van der Waals surface area contributed by atoms with Crippen molar-refractivity contribution in [2.75, 3.05) is 0 Å². The lowest BCUT2D eigenvalue weighted by atomic mass is 9.59. The van der Waals surface area contributed by atoms with Crippen LogP contribution in [0.15, 0.2) is 28.8 Å². The Morgan fingerprint density at radius 1 is 0.205 bits per heavy atom. The van der Waals surface area contributed by atoms with Gasteiger partial charge in [0.15, 0.2) is 0 Å². The third kappa shape index (κ3) is 10.8. The van der Waals surface area contributed by atoms with E-state index >= 15 is 0 Å². The number of fused-ring (bicyclic) bond motifs is 12. The molecule has 0 aliphatic carbocycles. The summed E-state index contributed by atoms with van der Waals surface area (Å²) >= 11 is 0. The quantitative estimate of drug-likeness (QED) is 0.141. The number of benzene rings is 4. The maximum absolute atomic E-state index is 6.80. The first kappa shape index (κ1) is 83.3. The van der Waals surface area contributed by atoms with Crippen LogP contribution in [0.25, 0.3) is 55.0 Å². The molecule has 0 bridgehead atoms. The molecule has 0 radical (unpaired) electrons. The highest BCUT2D eigenvalue weighted by Gasteiger charge is 2.74. The second-order valence-electron chi connectivity index (χ2n) is 40.3. The molecule has 16 heteroatoms. The normalized spacial score (nSPS) is 23.9. The monoisotopic (exact) mass is 1540 g/mol. The van der Waals surface area contributed by atoms with E-state index in [2.05, 4.69) is 208 Å². The lowest BCUT2D eigenvalue weighted by Gasteiger charge is -2.55. The van der Waals surface area contributed by atoms with E-state index in [1.54, 1.807) is 0 Å². The van der Waals surface area contributed by atoms with Crippen molar-refractivity contribution < 1.29 is 74.5 Å². The van der Waals surface area contributed by atoms with Crippen molar-refractivity contribution in [3.8, 4) is 23.0 Å². The number of ether oxygens (including phenoxy) is 12. The van der Waals surface area contributed by atoms with Crippen LogP contribution in [0.4, 0.5) is 0 Å². The molecule has 4 fully saturated rings. The molecule has 12 heterocycles. The van der Waals surface area contributed by atoms with Crippen LogP contribution in [-0.4, -0.2) is 68.7 Å². The average molecular weight is 1540 g/mol. The molecule has 8 aromatic rings. The van der Waals surface area contributed by atoms with E-state index in [9.17, 15) is 0 Å². The Morgan fingerprint density at radius 3 is 0.848 bits per heavy atom. The average Bonchev–Trinajstić information content (AvgIpc) is 1.45. The van der Waals surface area contributed by atoms with Crippen molar-refractivity contribution in [3.05, 3.63) is 123 Å². The molecule has 0 N–H and O–H groups in total. The SMILES string of the molecule is CC1=C(C)C2(Oc3c(C)c(C)c4c(C)c(C)oc4c31)OC(C)(C)C(C)(C)O2.CC1=C(C)C2(Oc3c(C)c(C)c4oc(C)c(C)c4c31)OC(C)(C)C(C)(C)O2.Cc1oc2c(C)c(C)c3c(c2c1C)C(C)(C)C(C)(C)C1(O3)OC(C)(C)C(C)(C)O1.Cc1oc2c3c(c(C)c(C)c2c1C)OC1(OC(C)(C)C(C)(C)O1)C(C)(C)C3(C)C. The van der Waals surface area contributed by atoms with Crippen LogP contribution in [0.1, 0.15) is 306 Å². The summed E-state index contributed by atoms with van der Waals surface area (Å²) in [6.07, 6.45) is 0. The first-order valence-corrected chi connectivity index (χ1v) is 40.5. The Bertz CT molecular complexity index is 5370. The molecule has 8 aliphatic heterocycles. The van der Waals surface area contributed by atoms with E-state index in [-0.39, 0.29) is 10.8 Å². The highest BCUT2D eigenvalue weighted by Crippen LogP contribution is 2.68. The predicted octanol–water partition coefficient (Wildman–Crippen LogP) is 25.5. The van der Waals surface area contributed by atoms with Crippen molar-refractivity contribution >= 4 is 55.0 Å². The van der Waals surface area contributed by atoms with Gasteiger partial charge in [0.2, 0.25) is 0 Å². The zero-order chi connectivity index (χ0) is 84.1. The Morgan fingerprint density at radius 2 is 0.464 bits per heavy atom. The van der Waals surface area contributed by atoms with Crippen molar-refractivity contribution in [1.82, 2.24) is 0 Å². The molecule has 0 atom stereocenters. The van der Waals surface area contributed by atoms with E-state index in [1.807, 2.05) is 96.9 Å². The number of furan rings is 4. The number of hydrogen-bond acceptors (Lipinski definition) is 16. The molecule has 4 saturated heterocycles. The molecule has 8 aliphatic rings. The molecule has 0 amide bonds. The van der Waals surface area contributed by atoms with Gasteiger partial charge in [-0.2, -0.15) is 0 Å². The summed E-state index contributed by atoms with van der Waals surface area (Å²) in [5, 5.41) is 4.69. The minimum Gasteiger partial charge on any atom is -0.461 e. The standard InChI is InChI=1S/2C25H36O4.2C23H30O4/c1-13-14(2)20-18(17-15(3)16(4)26-19(13)17)21(5,6)22(7,8)25(27-20)28-23(9,10)24(11,12)29-25;1-13-14(2)19-18(20-17(13)15(3)16(4)26-20)21(5,6)22(7,8)25(27-19)28-23(9,10)24(11,12)29-25;1-11-12(2)20-17(18-14(4)16(6)24-19(11)18)13(3)15(5)23(25-20)26-21(7,8)22(9,10)27-23;1-11-12(2)19-18(20-17(11)14(4)16(6)24-20)13(3)15(5)23(25-19)26-21(7,8)22(9,10)27-23/h2*1-12H3;2*1-10H3. The lowest BCUT2D eigenvalue weighted by Crippen LogP contribution is -2.62. The van der Waals surface area contributed by atoms with E-state index in [0.29, 0.717) is 0 Å². The molecule has 16 rings (SSSR count). The number of hydrogen-bond donors (Lipinski definition) is 0. The summed E-state index contributed by atoms with van der Waals surface area (Å²) in [4.78, 5) is 0. The predicted molar refractivity (Wildman–Crippen MR) is 446 cm³/mol. The largest absolute Gasteiger partial charge is 0.461 e. The maximum atomic E-state index is 6.80. The summed E-state index contributed by atoms with van der Waals surface area (Å²) in [5.74, 6) is 2.40. The van der Waals surface area contributed by atoms with Crippen molar-refractivity contribution in [1.29, 1.82) is 0 Å². The van der Waals surface area contributed by atoms with Crippen LogP contribution >= 0.6 is 0 Å². The second kappa shape index (κ2) is 24.5. The minimum absolute atomic E-state index is 0.297. The Labute approximate surface area is 667 Å². The van der Waals surface area contributed by atoms with Crippen LogP contribution < -0.4 is 18.9 Å². The molecule has 4 aromatic carbocycles. The minimum atomic E-state index is -1.20. The first-order chi connectivity index (χ1) is 50.7. The molecule has 112 heavy (non-hydrogen) atoms. The fourth-order valence-electron chi connectivity index (χ4n) is 17.8. The van der Waals surface area contributed by atoms with Crippen LogP contribution in [0.2, 0.25) is 0 Å². The summed E-state index contributed by atoms with van der Waals surface area (Å²) < 4.78 is 104. The van der Waals surface area contributed by atoms with Gasteiger partial charge < -0.3 is 74.5 Å². The van der Waals surface area contributed by atoms with Crippen LogP contribution in [0.5, 0.6) is 23.0 Å². The number of allylic oxidation sites excluding steroid dienone is 2. The molecule has 0 saturated carbocycles. The maximum Gasteiger partial charge on any atom is 0.353 e. The highest BCUT2D eigenvalue weighted by atomic mass is 16.9. The summed E-state index contributed by atoms with van der Waals surface area (Å²) in [5.41, 5.74) is 20.4. The fourth-order valence-corrected chi connectivity index (χ4v) is 17.8. The highest BCUT2D eigenvalue weighted by molar-refractivity contribution is 6.02. The van der Waals surface area contributed by atoms with Gasteiger partial charge in [0.05, 0.1) is 61.2 Å². The second-order valence-corrected chi connectivity index (χ2v) is 40.3. The van der Waals surface area contributed by atoms with E-state index in [4.69, 9.17) is 74.5 Å². The molecule has 0 unspecified atom stereocenters. The van der Waals surface area contributed by atoms with Gasteiger partial charge in [-0.1, -0.05) is 55.4 Å². The Balaban J connectivity index is 0.000000131.